The number of alkyl halides is 2. The highest BCUT2D eigenvalue weighted by Crippen LogP contribution is 2.68. The minimum Gasteiger partial charge on any atom is -0.480 e. The third kappa shape index (κ3) is 1.15. The maximum absolute atomic E-state index is 12.9. The standard InChI is InChI=1S/C9H13F2NO2/c10-9(11)5-7(9)1-3-8(12,4-2-7)6(13)14/h1-5,12H2,(H,13,14). The number of hydrogen-bond donors (Lipinski definition) is 2. The highest BCUT2D eigenvalue weighted by atomic mass is 19.3. The number of aliphatic carboxylic acids is 1. The maximum atomic E-state index is 12.9. The van der Waals surface area contributed by atoms with E-state index in [1.165, 1.54) is 0 Å². The Hall–Kier alpha value is -0.710. The van der Waals surface area contributed by atoms with Crippen molar-refractivity contribution in [3.05, 3.63) is 0 Å². The van der Waals surface area contributed by atoms with E-state index in [1.54, 1.807) is 0 Å². The van der Waals surface area contributed by atoms with Crippen molar-refractivity contribution in [1.29, 1.82) is 0 Å². The Morgan fingerprint density at radius 2 is 1.64 bits per heavy atom. The summed E-state index contributed by atoms with van der Waals surface area (Å²) in [5, 5.41) is 8.81. The number of nitrogens with two attached hydrogens (primary N) is 1. The fraction of sp³-hybridized carbons (Fsp3) is 0.889. The fourth-order valence-electron chi connectivity index (χ4n) is 2.31. The zero-order valence-electron chi connectivity index (χ0n) is 7.72. The molecule has 80 valence electrons. The van der Waals surface area contributed by atoms with Gasteiger partial charge < -0.3 is 10.8 Å². The molecule has 0 atom stereocenters. The van der Waals surface area contributed by atoms with E-state index in [0.29, 0.717) is 0 Å². The van der Waals surface area contributed by atoms with E-state index in [0.717, 1.165) is 0 Å². The van der Waals surface area contributed by atoms with Crippen LogP contribution in [0.25, 0.3) is 0 Å². The zero-order chi connectivity index (χ0) is 10.6. The van der Waals surface area contributed by atoms with Gasteiger partial charge in [0, 0.05) is 11.8 Å². The van der Waals surface area contributed by atoms with Crippen LogP contribution in [-0.4, -0.2) is 22.5 Å². The van der Waals surface area contributed by atoms with E-state index in [-0.39, 0.29) is 32.1 Å². The van der Waals surface area contributed by atoms with E-state index in [2.05, 4.69) is 0 Å². The van der Waals surface area contributed by atoms with Gasteiger partial charge in [-0.1, -0.05) is 0 Å². The quantitative estimate of drug-likeness (QED) is 0.679. The normalized spacial score (nSPS) is 45.1. The molecule has 2 aliphatic carbocycles. The second kappa shape index (κ2) is 2.45. The van der Waals surface area contributed by atoms with Crippen LogP contribution in [0.4, 0.5) is 8.78 Å². The summed E-state index contributed by atoms with van der Waals surface area (Å²) in [6.45, 7) is 0. The van der Waals surface area contributed by atoms with Gasteiger partial charge in [-0.2, -0.15) is 0 Å². The van der Waals surface area contributed by atoms with E-state index in [9.17, 15) is 13.6 Å². The van der Waals surface area contributed by atoms with Crippen LogP contribution in [0.3, 0.4) is 0 Å². The molecule has 14 heavy (non-hydrogen) atoms. The predicted molar refractivity (Wildman–Crippen MR) is 45.0 cm³/mol. The van der Waals surface area contributed by atoms with Crippen molar-refractivity contribution < 1.29 is 18.7 Å². The third-order valence-corrected chi connectivity index (χ3v) is 3.74. The summed E-state index contributed by atoms with van der Waals surface area (Å²) in [5.41, 5.74) is 3.41. The van der Waals surface area contributed by atoms with Gasteiger partial charge in [0.1, 0.15) is 5.54 Å². The third-order valence-electron chi connectivity index (χ3n) is 3.74. The van der Waals surface area contributed by atoms with Crippen molar-refractivity contribution >= 4 is 5.97 Å². The Morgan fingerprint density at radius 3 is 1.93 bits per heavy atom. The average molecular weight is 205 g/mol. The lowest BCUT2D eigenvalue weighted by Gasteiger charge is -2.33. The minimum absolute atomic E-state index is 0.0876. The summed E-state index contributed by atoms with van der Waals surface area (Å²) in [6.07, 6.45) is 0.719. The Bertz CT molecular complexity index is 283. The van der Waals surface area contributed by atoms with E-state index < -0.39 is 22.8 Å². The van der Waals surface area contributed by atoms with E-state index in [4.69, 9.17) is 10.8 Å². The Morgan fingerprint density at radius 1 is 1.21 bits per heavy atom. The summed E-state index contributed by atoms with van der Waals surface area (Å²) in [6, 6.07) is 0. The molecule has 0 amide bonds. The number of carbonyl (C=O) groups is 1. The first kappa shape index (κ1) is 9.83. The van der Waals surface area contributed by atoms with Crippen LogP contribution in [-0.2, 0) is 4.79 Å². The summed E-state index contributed by atoms with van der Waals surface area (Å²) >= 11 is 0. The zero-order valence-corrected chi connectivity index (χ0v) is 7.72. The lowest BCUT2D eigenvalue weighted by molar-refractivity contribution is -0.145. The molecule has 0 aliphatic heterocycles. The molecular formula is C9H13F2NO2. The average Bonchev–Trinajstić information content (AvgIpc) is 2.61. The van der Waals surface area contributed by atoms with Crippen molar-refractivity contribution in [2.24, 2.45) is 11.1 Å². The molecule has 0 unspecified atom stereocenters. The summed E-state index contributed by atoms with van der Waals surface area (Å²) < 4.78 is 25.9. The van der Waals surface area contributed by atoms with E-state index >= 15 is 0 Å². The number of hydrogen-bond acceptors (Lipinski definition) is 2. The summed E-state index contributed by atoms with van der Waals surface area (Å²) in [7, 11) is 0. The molecule has 2 aliphatic rings. The molecule has 2 rings (SSSR count). The lowest BCUT2D eigenvalue weighted by atomic mass is 9.75. The largest absolute Gasteiger partial charge is 0.480 e. The topological polar surface area (TPSA) is 63.3 Å². The van der Waals surface area contributed by atoms with Crippen LogP contribution in [0.15, 0.2) is 0 Å². The fourth-order valence-corrected chi connectivity index (χ4v) is 2.31. The molecule has 0 radical (unpaired) electrons. The Balaban J connectivity index is 2.04. The highest BCUT2D eigenvalue weighted by Gasteiger charge is 2.71. The molecule has 2 fully saturated rings. The van der Waals surface area contributed by atoms with Crippen molar-refractivity contribution in [2.75, 3.05) is 0 Å². The van der Waals surface area contributed by atoms with Crippen molar-refractivity contribution in [3.8, 4) is 0 Å². The first-order valence-electron chi connectivity index (χ1n) is 4.72. The van der Waals surface area contributed by atoms with E-state index in [1.807, 2.05) is 0 Å². The highest BCUT2D eigenvalue weighted by molar-refractivity contribution is 5.78. The first-order valence-corrected chi connectivity index (χ1v) is 4.72. The van der Waals surface area contributed by atoms with Crippen LogP contribution < -0.4 is 5.73 Å². The first-order chi connectivity index (χ1) is 6.31. The maximum Gasteiger partial charge on any atom is 0.323 e. The molecule has 3 nitrogen and oxygen atoms in total. The van der Waals surface area contributed by atoms with Gasteiger partial charge >= 0.3 is 5.97 Å². The van der Waals surface area contributed by atoms with Gasteiger partial charge in [-0.25, -0.2) is 8.78 Å². The molecule has 0 bridgehead atoms. The lowest BCUT2D eigenvalue weighted by Crippen LogP contribution is -2.51. The Labute approximate surface area is 80.3 Å². The Kier molecular flexibility index (Phi) is 1.72. The van der Waals surface area contributed by atoms with Crippen LogP contribution >= 0.6 is 0 Å². The van der Waals surface area contributed by atoms with Crippen molar-refractivity contribution in [1.82, 2.24) is 0 Å². The molecule has 0 aromatic heterocycles. The van der Waals surface area contributed by atoms with Gasteiger partial charge in [0.05, 0.1) is 0 Å². The molecule has 0 saturated heterocycles. The van der Waals surface area contributed by atoms with Gasteiger partial charge in [0.2, 0.25) is 0 Å². The number of halogens is 2. The summed E-state index contributed by atoms with van der Waals surface area (Å²) in [4.78, 5) is 10.8. The summed E-state index contributed by atoms with van der Waals surface area (Å²) in [5.74, 6) is -3.65. The van der Waals surface area contributed by atoms with Crippen molar-refractivity contribution in [2.45, 2.75) is 43.6 Å². The molecule has 0 aromatic carbocycles. The monoisotopic (exact) mass is 205 g/mol. The minimum atomic E-state index is -2.58. The molecule has 1 spiro atoms. The number of rotatable bonds is 1. The number of carboxylic acids is 1. The van der Waals surface area contributed by atoms with Crippen LogP contribution in [0.5, 0.6) is 0 Å². The van der Waals surface area contributed by atoms with Gasteiger partial charge in [-0.3, -0.25) is 4.79 Å². The molecule has 0 aromatic rings. The van der Waals surface area contributed by atoms with Gasteiger partial charge in [0.15, 0.2) is 0 Å². The van der Waals surface area contributed by atoms with Crippen molar-refractivity contribution in [3.63, 3.8) is 0 Å². The smallest absolute Gasteiger partial charge is 0.323 e. The predicted octanol–water partition coefficient (Wildman–Crippen LogP) is 1.37. The van der Waals surface area contributed by atoms with Gasteiger partial charge in [-0.05, 0) is 25.7 Å². The van der Waals surface area contributed by atoms with Gasteiger partial charge in [0.25, 0.3) is 5.92 Å². The second-order valence-electron chi connectivity index (χ2n) is 4.62. The second-order valence-corrected chi connectivity index (χ2v) is 4.62. The molecule has 0 heterocycles. The molecule has 5 heteroatoms. The number of carboxylic acid groups (broad SMARTS) is 1. The SMILES string of the molecule is NC1(C(=O)O)CCC2(CC1)CC2(F)F. The van der Waals surface area contributed by atoms with Crippen LogP contribution in [0.1, 0.15) is 32.1 Å². The molecule has 2 saturated carbocycles. The van der Waals surface area contributed by atoms with Crippen LogP contribution in [0, 0.1) is 5.41 Å². The van der Waals surface area contributed by atoms with Gasteiger partial charge in [-0.15, -0.1) is 0 Å². The molecular weight excluding hydrogens is 192 g/mol. The molecule has 3 N–H and O–H groups in total. The van der Waals surface area contributed by atoms with Crippen LogP contribution in [0.2, 0.25) is 0 Å².